The van der Waals surface area contributed by atoms with Gasteiger partial charge in [0.2, 0.25) is 0 Å². The second-order valence-electron chi connectivity index (χ2n) is 8.83. The number of allylic oxidation sites excluding steroid dienone is 8. The lowest BCUT2D eigenvalue weighted by Gasteiger charge is -2.32. The average Bonchev–Trinajstić information content (AvgIpc) is 2.98. The Morgan fingerprint density at radius 1 is 0.625 bits per heavy atom. The Morgan fingerprint density at radius 2 is 0.917 bits per heavy atom. The van der Waals surface area contributed by atoms with Crippen LogP contribution in [0.1, 0.15) is 55.4 Å². The molecule has 0 saturated heterocycles. The number of fused-ring (bicyclic) bond motifs is 4. The van der Waals surface area contributed by atoms with Gasteiger partial charge in [-0.1, -0.05) is 36.1 Å². The molecule has 2 nitrogen and oxygen atoms in total. The minimum atomic E-state index is -2.58. The second kappa shape index (κ2) is 4.21. The van der Waals surface area contributed by atoms with Crippen LogP contribution in [0.4, 0.5) is 0 Å². The zero-order valence-electron chi connectivity index (χ0n) is 16.1. The van der Waals surface area contributed by atoms with Crippen LogP contribution in [-0.2, 0) is 9.13 Å². The van der Waals surface area contributed by atoms with E-state index in [9.17, 15) is 9.13 Å². The van der Waals surface area contributed by atoms with Gasteiger partial charge in [-0.15, -0.1) is 0 Å². The van der Waals surface area contributed by atoms with Crippen LogP contribution in [-0.4, -0.2) is 12.3 Å². The number of hydrogen-bond donors (Lipinski definition) is 0. The highest BCUT2D eigenvalue weighted by Gasteiger charge is 2.63. The zero-order chi connectivity index (χ0) is 18.0. The van der Waals surface area contributed by atoms with Crippen molar-refractivity contribution in [3.8, 4) is 0 Å². The van der Waals surface area contributed by atoms with E-state index in [1.54, 1.807) is 0 Å². The van der Waals surface area contributed by atoms with Gasteiger partial charge in [0.05, 0.1) is 0 Å². The Bertz CT molecular complexity index is 878. The molecule has 4 bridgehead atoms. The van der Waals surface area contributed by atoms with Gasteiger partial charge in [-0.25, -0.2) is 0 Å². The average molecular weight is 362 g/mol. The SMILES string of the molecule is CC1=C(C)P2(=O)CC1(C)C(C)=C2C1=C(C)C2(C)CP1(=O)C(C)=C2C. The van der Waals surface area contributed by atoms with E-state index in [-0.39, 0.29) is 10.8 Å². The van der Waals surface area contributed by atoms with E-state index in [0.29, 0.717) is 12.3 Å². The first kappa shape index (κ1) is 16.9. The van der Waals surface area contributed by atoms with Gasteiger partial charge in [-0.2, -0.15) is 0 Å². The molecule has 4 aliphatic heterocycles. The van der Waals surface area contributed by atoms with Gasteiger partial charge in [-0.05, 0) is 52.2 Å². The molecule has 4 unspecified atom stereocenters. The van der Waals surface area contributed by atoms with Crippen molar-refractivity contribution < 1.29 is 9.13 Å². The molecule has 4 heteroatoms. The Morgan fingerprint density at radius 3 is 1.17 bits per heavy atom. The summed E-state index contributed by atoms with van der Waals surface area (Å²) in [5.74, 6) is 0. The maximum atomic E-state index is 14.1. The monoisotopic (exact) mass is 362 g/mol. The Kier molecular flexibility index (Phi) is 2.96. The molecule has 24 heavy (non-hydrogen) atoms. The Hall–Kier alpha value is -0.580. The third kappa shape index (κ3) is 1.42. The summed E-state index contributed by atoms with van der Waals surface area (Å²) < 4.78 is 28.1. The predicted octanol–water partition coefficient (Wildman–Crippen LogP) is 6.92. The fourth-order valence-corrected chi connectivity index (χ4v) is 15.1. The highest BCUT2D eigenvalue weighted by atomic mass is 31.2. The smallest absolute Gasteiger partial charge is 0.141 e. The second-order valence-corrected chi connectivity index (χ2v) is 14.7. The quantitative estimate of drug-likeness (QED) is 0.475. The van der Waals surface area contributed by atoms with Crippen molar-refractivity contribution in [1.82, 2.24) is 0 Å². The highest BCUT2D eigenvalue weighted by molar-refractivity contribution is 7.79. The molecule has 4 rings (SSSR count). The van der Waals surface area contributed by atoms with Crippen molar-refractivity contribution in [2.75, 3.05) is 12.3 Å². The first-order valence-electron chi connectivity index (χ1n) is 8.85. The Balaban J connectivity index is 2.05. The van der Waals surface area contributed by atoms with Crippen molar-refractivity contribution in [3.63, 3.8) is 0 Å². The summed E-state index contributed by atoms with van der Waals surface area (Å²) in [5.41, 5.74) is 4.80. The fraction of sp³-hybridized carbons (Fsp3) is 0.600. The van der Waals surface area contributed by atoms with E-state index in [0.717, 1.165) is 21.3 Å². The van der Waals surface area contributed by atoms with Gasteiger partial charge >= 0.3 is 0 Å². The zero-order valence-corrected chi connectivity index (χ0v) is 17.9. The maximum absolute atomic E-state index is 14.1. The lowest BCUT2D eigenvalue weighted by atomic mass is 9.76. The summed E-state index contributed by atoms with van der Waals surface area (Å²) >= 11 is 0. The van der Waals surface area contributed by atoms with Crippen molar-refractivity contribution in [1.29, 1.82) is 0 Å². The van der Waals surface area contributed by atoms with Crippen LogP contribution in [0, 0.1) is 10.8 Å². The molecule has 0 aliphatic carbocycles. The first-order valence-corrected chi connectivity index (χ1v) is 12.6. The van der Waals surface area contributed by atoms with Gasteiger partial charge in [0, 0.05) is 33.8 Å². The van der Waals surface area contributed by atoms with Crippen molar-refractivity contribution in [2.24, 2.45) is 10.8 Å². The topological polar surface area (TPSA) is 34.1 Å². The van der Waals surface area contributed by atoms with Gasteiger partial charge < -0.3 is 9.13 Å². The molecule has 4 atom stereocenters. The minimum absolute atomic E-state index is 0.0993. The minimum Gasteiger partial charge on any atom is -0.314 e. The van der Waals surface area contributed by atoms with Crippen LogP contribution in [0.15, 0.2) is 43.5 Å². The van der Waals surface area contributed by atoms with Crippen LogP contribution < -0.4 is 0 Å². The molecule has 4 aliphatic rings. The number of rotatable bonds is 1. The van der Waals surface area contributed by atoms with Crippen LogP contribution in [0.2, 0.25) is 0 Å². The molecule has 0 fully saturated rings. The van der Waals surface area contributed by atoms with Crippen LogP contribution in [0.25, 0.3) is 0 Å². The highest BCUT2D eigenvalue weighted by Crippen LogP contribution is 2.88. The normalized spacial score (nSPS) is 47.2. The Labute approximate surface area is 145 Å². The molecule has 0 aromatic rings. The lowest BCUT2D eigenvalue weighted by Crippen LogP contribution is -2.19. The summed E-state index contributed by atoms with van der Waals surface area (Å²) in [7, 11) is -5.17. The predicted molar refractivity (Wildman–Crippen MR) is 103 cm³/mol. The van der Waals surface area contributed by atoms with E-state index < -0.39 is 14.3 Å². The van der Waals surface area contributed by atoms with Crippen molar-refractivity contribution >= 4 is 14.3 Å². The third-order valence-electron chi connectivity index (χ3n) is 8.21. The molecule has 0 radical (unpaired) electrons. The van der Waals surface area contributed by atoms with E-state index in [4.69, 9.17) is 0 Å². The summed E-state index contributed by atoms with van der Waals surface area (Å²) in [6.45, 7) is 17.1. The van der Waals surface area contributed by atoms with Crippen LogP contribution >= 0.6 is 14.3 Å². The molecule has 0 N–H and O–H groups in total. The van der Waals surface area contributed by atoms with Gasteiger partial charge in [-0.3, -0.25) is 0 Å². The van der Waals surface area contributed by atoms with E-state index in [1.807, 2.05) is 13.8 Å². The van der Waals surface area contributed by atoms with Gasteiger partial charge in [0.25, 0.3) is 0 Å². The van der Waals surface area contributed by atoms with E-state index in [1.165, 1.54) is 22.3 Å². The summed E-state index contributed by atoms with van der Waals surface area (Å²) in [6.07, 6.45) is 1.43. The summed E-state index contributed by atoms with van der Waals surface area (Å²) in [4.78, 5) is 0. The van der Waals surface area contributed by atoms with E-state index in [2.05, 4.69) is 41.5 Å². The largest absolute Gasteiger partial charge is 0.314 e. The molecule has 0 aromatic carbocycles. The third-order valence-corrected chi connectivity index (χ3v) is 15.9. The van der Waals surface area contributed by atoms with Crippen molar-refractivity contribution in [3.05, 3.63) is 43.5 Å². The van der Waals surface area contributed by atoms with Crippen molar-refractivity contribution in [2.45, 2.75) is 55.4 Å². The van der Waals surface area contributed by atoms with E-state index >= 15 is 0 Å². The number of hydrogen-bond acceptors (Lipinski definition) is 2. The molecule has 4 heterocycles. The maximum Gasteiger partial charge on any atom is 0.141 e. The molecule has 0 saturated carbocycles. The van der Waals surface area contributed by atoms with Crippen LogP contribution in [0.3, 0.4) is 0 Å². The van der Waals surface area contributed by atoms with Crippen LogP contribution in [0.5, 0.6) is 0 Å². The molecule has 0 aromatic heterocycles. The molecular weight excluding hydrogens is 334 g/mol. The summed E-state index contributed by atoms with van der Waals surface area (Å²) in [6, 6.07) is 0. The van der Waals surface area contributed by atoms with Gasteiger partial charge in [0.1, 0.15) is 14.3 Å². The first-order chi connectivity index (χ1) is 10.9. The summed E-state index contributed by atoms with van der Waals surface area (Å²) in [5, 5.41) is 4.16. The fourth-order valence-electron chi connectivity index (χ4n) is 5.76. The molecule has 0 amide bonds. The lowest BCUT2D eigenvalue weighted by molar-refractivity contribution is 0.549. The molecule has 130 valence electrons. The molecular formula is C20H28O2P2. The van der Waals surface area contributed by atoms with Gasteiger partial charge in [0.15, 0.2) is 0 Å². The molecule has 0 spiro atoms. The standard InChI is InChI=1S/C20H28O2P2/c1-11-15(5)23(21)9-19(11,7)13(3)17(23)18-14(4)20(8)10-24(18,22)16(6)12(20)2/h9-10H2,1-8H3.